The molecular weight excluding hydrogens is 528 g/mol. The zero-order chi connectivity index (χ0) is 24.9. The van der Waals surface area contributed by atoms with E-state index in [2.05, 4.69) is 40.0 Å². The third kappa shape index (κ3) is 6.01. The SMILES string of the molecule is CCN1C(=O)C(=Cc2ccc(OCc3ccc(C)cc3)c(Br)c2)SC1=Nc1ccc(C(=O)O)cc1. The smallest absolute Gasteiger partial charge is 0.335 e. The number of carbonyl (C=O) groups excluding carboxylic acids is 1. The highest BCUT2D eigenvalue weighted by molar-refractivity contribution is 9.10. The van der Waals surface area contributed by atoms with Crippen molar-refractivity contribution in [2.24, 2.45) is 4.99 Å². The van der Waals surface area contributed by atoms with E-state index in [0.717, 1.165) is 21.3 Å². The van der Waals surface area contributed by atoms with Gasteiger partial charge >= 0.3 is 5.97 Å². The zero-order valence-electron chi connectivity index (χ0n) is 19.2. The molecule has 0 radical (unpaired) electrons. The van der Waals surface area contributed by atoms with Gasteiger partial charge in [0.1, 0.15) is 12.4 Å². The summed E-state index contributed by atoms with van der Waals surface area (Å²) in [6.07, 6.45) is 1.83. The number of aryl methyl sites for hydroxylation is 1. The molecule has 0 atom stereocenters. The van der Waals surface area contributed by atoms with Gasteiger partial charge < -0.3 is 9.84 Å². The van der Waals surface area contributed by atoms with Crippen LogP contribution >= 0.6 is 27.7 Å². The van der Waals surface area contributed by atoms with Crippen LogP contribution in [0.3, 0.4) is 0 Å². The molecule has 4 rings (SSSR count). The molecule has 0 aliphatic carbocycles. The van der Waals surface area contributed by atoms with E-state index in [1.807, 2.05) is 43.3 Å². The first-order chi connectivity index (χ1) is 16.8. The van der Waals surface area contributed by atoms with E-state index in [1.165, 1.54) is 29.5 Å². The van der Waals surface area contributed by atoms with E-state index in [0.29, 0.717) is 28.9 Å². The number of aromatic carboxylic acids is 1. The highest BCUT2D eigenvalue weighted by Crippen LogP contribution is 2.35. The van der Waals surface area contributed by atoms with Crippen LogP contribution in [-0.2, 0) is 11.4 Å². The van der Waals surface area contributed by atoms with Crippen molar-refractivity contribution in [3.05, 3.63) is 98.4 Å². The molecule has 178 valence electrons. The summed E-state index contributed by atoms with van der Waals surface area (Å²) in [5.74, 6) is -0.387. The number of carboxylic acids is 1. The Bertz CT molecular complexity index is 1320. The van der Waals surface area contributed by atoms with E-state index >= 15 is 0 Å². The lowest BCUT2D eigenvalue weighted by molar-refractivity contribution is -0.122. The van der Waals surface area contributed by atoms with E-state index in [1.54, 1.807) is 17.0 Å². The second-order valence-corrected chi connectivity index (χ2v) is 9.73. The number of benzene rings is 3. The van der Waals surface area contributed by atoms with Crippen molar-refractivity contribution in [1.82, 2.24) is 4.90 Å². The lowest BCUT2D eigenvalue weighted by Gasteiger charge is -2.12. The number of amides is 1. The summed E-state index contributed by atoms with van der Waals surface area (Å²) < 4.78 is 6.75. The van der Waals surface area contributed by atoms with Crippen LogP contribution in [0, 0.1) is 6.92 Å². The molecule has 0 bridgehead atoms. The van der Waals surface area contributed by atoms with Crippen LogP contribution in [0.15, 0.2) is 81.1 Å². The van der Waals surface area contributed by atoms with Crippen molar-refractivity contribution in [2.45, 2.75) is 20.5 Å². The van der Waals surface area contributed by atoms with Crippen LogP contribution < -0.4 is 4.74 Å². The molecule has 1 aliphatic rings. The van der Waals surface area contributed by atoms with Crippen LogP contribution in [0.1, 0.15) is 34.0 Å². The number of rotatable bonds is 7. The third-order valence-corrected chi connectivity index (χ3v) is 6.94. The molecule has 0 spiro atoms. The summed E-state index contributed by atoms with van der Waals surface area (Å²) in [4.78, 5) is 30.8. The lowest BCUT2D eigenvalue weighted by atomic mass is 10.1. The molecule has 1 saturated heterocycles. The second-order valence-electron chi connectivity index (χ2n) is 7.87. The average Bonchev–Trinajstić information content (AvgIpc) is 3.13. The maximum atomic E-state index is 13.0. The number of carbonyl (C=O) groups is 2. The fraction of sp³-hybridized carbons (Fsp3) is 0.148. The fourth-order valence-corrected chi connectivity index (χ4v) is 4.95. The van der Waals surface area contributed by atoms with Crippen LogP contribution in [0.4, 0.5) is 5.69 Å². The Morgan fingerprint density at radius 1 is 1.11 bits per heavy atom. The third-order valence-electron chi connectivity index (χ3n) is 5.31. The summed E-state index contributed by atoms with van der Waals surface area (Å²) in [6.45, 7) is 4.88. The van der Waals surface area contributed by atoms with Crippen molar-refractivity contribution in [3.8, 4) is 5.75 Å². The molecule has 0 saturated carbocycles. The average molecular weight is 551 g/mol. The Kier molecular flexibility index (Phi) is 7.73. The topological polar surface area (TPSA) is 79.2 Å². The Morgan fingerprint density at radius 3 is 2.46 bits per heavy atom. The molecule has 3 aromatic rings. The maximum absolute atomic E-state index is 13.0. The monoisotopic (exact) mass is 550 g/mol. The number of hydrogen-bond donors (Lipinski definition) is 1. The number of likely N-dealkylation sites (N-methyl/N-ethyl adjacent to an activating group) is 1. The number of halogens is 1. The molecule has 6 nitrogen and oxygen atoms in total. The van der Waals surface area contributed by atoms with Crippen LogP contribution in [0.25, 0.3) is 6.08 Å². The fourth-order valence-electron chi connectivity index (χ4n) is 3.38. The summed E-state index contributed by atoms with van der Waals surface area (Å²) in [6, 6.07) is 20.2. The number of ether oxygens (including phenoxy) is 1. The summed E-state index contributed by atoms with van der Waals surface area (Å²) in [7, 11) is 0. The van der Waals surface area contributed by atoms with Crippen molar-refractivity contribution >= 4 is 56.5 Å². The van der Waals surface area contributed by atoms with Crippen molar-refractivity contribution in [3.63, 3.8) is 0 Å². The molecule has 3 aromatic carbocycles. The quantitative estimate of drug-likeness (QED) is 0.333. The Hall–Kier alpha value is -3.36. The molecule has 35 heavy (non-hydrogen) atoms. The first-order valence-corrected chi connectivity index (χ1v) is 12.6. The largest absolute Gasteiger partial charge is 0.488 e. The first kappa shape index (κ1) is 24.8. The predicted molar refractivity (Wildman–Crippen MR) is 143 cm³/mol. The predicted octanol–water partition coefficient (Wildman–Crippen LogP) is 6.66. The Labute approximate surface area is 216 Å². The van der Waals surface area contributed by atoms with Gasteiger partial charge in [-0.3, -0.25) is 9.69 Å². The number of carboxylic acid groups (broad SMARTS) is 1. The number of amidine groups is 1. The molecule has 0 unspecified atom stereocenters. The van der Waals surface area contributed by atoms with Gasteiger partial charge in [0.05, 0.1) is 20.6 Å². The van der Waals surface area contributed by atoms with Crippen LogP contribution in [0.5, 0.6) is 5.75 Å². The lowest BCUT2D eigenvalue weighted by Crippen LogP contribution is -2.28. The highest BCUT2D eigenvalue weighted by Gasteiger charge is 2.32. The van der Waals surface area contributed by atoms with Gasteiger partial charge in [-0.2, -0.15) is 0 Å². The normalized spacial score (nSPS) is 15.7. The van der Waals surface area contributed by atoms with Gasteiger partial charge in [0, 0.05) is 6.54 Å². The molecule has 1 amide bonds. The molecular formula is C27H23BrN2O4S. The van der Waals surface area contributed by atoms with E-state index in [9.17, 15) is 9.59 Å². The molecule has 8 heteroatoms. The number of aliphatic imine (C=N–C) groups is 1. The van der Waals surface area contributed by atoms with Gasteiger partial charge in [0.2, 0.25) is 0 Å². The second kappa shape index (κ2) is 10.9. The minimum absolute atomic E-state index is 0.116. The van der Waals surface area contributed by atoms with E-state index in [-0.39, 0.29) is 11.5 Å². The highest BCUT2D eigenvalue weighted by atomic mass is 79.9. The molecule has 0 aromatic heterocycles. The van der Waals surface area contributed by atoms with Gasteiger partial charge in [0.15, 0.2) is 5.17 Å². The molecule has 1 fully saturated rings. The maximum Gasteiger partial charge on any atom is 0.335 e. The van der Waals surface area contributed by atoms with Gasteiger partial charge in [-0.1, -0.05) is 35.9 Å². The number of thioether (sulfide) groups is 1. The molecule has 1 aliphatic heterocycles. The number of nitrogens with zero attached hydrogens (tertiary/aromatic N) is 2. The summed E-state index contributed by atoms with van der Waals surface area (Å²) in [5.41, 5.74) is 3.93. The Morgan fingerprint density at radius 2 is 1.83 bits per heavy atom. The van der Waals surface area contributed by atoms with Crippen molar-refractivity contribution < 1.29 is 19.4 Å². The van der Waals surface area contributed by atoms with E-state index < -0.39 is 5.97 Å². The van der Waals surface area contributed by atoms with E-state index in [4.69, 9.17) is 9.84 Å². The van der Waals surface area contributed by atoms with Crippen molar-refractivity contribution in [2.75, 3.05) is 6.54 Å². The van der Waals surface area contributed by atoms with Gasteiger partial charge in [-0.05, 0) is 95.1 Å². The summed E-state index contributed by atoms with van der Waals surface area (Å²) >= 11 is 4.87. The molecule has 1 N–H and O–H groups in total. The molecule has 1 heterocycles. The first-order valence-electron chi connectivity index (χ1n) is 11.0. The van der Waals surface area contributed by atoms with Gasteiger partial charge in [-0.15, -0.1) is 0 Å². The zero-order valence-corrected chi connectivity index (χ0v) is 21.6. The van der Waals surface area contributed by atoms with Gasteiger partial charge in [0.25, 0.3) is 5.91 Å². The Balaban J connectivity index is 1.50. The van der Waals surface area contributed by atoms with Crippen LogP contribution in [-0.4, -0.2) is 33.6 Å². The number of hydrogen-bond acceptors (Lipinski definition) is 5. The van der Waals surface area contributed by atoms with Gasteiger partial charge in [-0.25, -0.2) is 9.79 Å². The van der Waals surface area contributed by atoms with Crippen LogP contribution in [0.2, 0.25) is 0 Å². The summed E-state index contributed by atoms with van der Waals surface area (Å²) in [5, 5.41) is 9.63. The standard InChI is InChI=1S/C27H23BrN2O4S/c1-3-30-25(31)24(35-27(30)29-21-11-9-20(10-12-21)26(32)33)15-19-8-13-23(22(28)14-19)34-16-18-6-4-17(2)5-7-18/h4-15H,3,16H2,1-2H3,(H,32,33). The van der Waals surface area contributed by atoms with Crippen molar-refractivity contribution in [1.29, 1.82) is 0 Å². The minimum atomic E-state index is -0.993. The minimum Gasteiger partial charge on any atom is -0.488 e.